The highest BCUT2D eigenvalue weighted by molar-refractivity contribution is 5.78. The average molecular weight is 449 g/mol. The number of guanidine groups is 1. The third-order valence-electron chi connectivity index (χ3n) is 6.97. The van der Waals surface area contributed by atoms with Gasteiger partial charge in [0, 0.05) is 26.7 Å². The van der Waals surface area contributed by atoms with E-state index >= 15 is 0 Å². The second-order valence-electron chi connectivity index (χ2n) is 9.08. The third kappa shape index (κ3) is 4.82. The van der Waals surface area contributed by atoms with Crippen LogP contribution in [0.1, 0.15) is 48.4 Å². The topological polar surface area (TPSA) is 93.1 Å². The van der Waals surface area contributed by atoms with Crippen LogP contribution in [0.15, 0.2) is 47.5 Å². The molecule has 1 saturated carbocycles. The summed E-state index contributed by atoms with van der Waals surface area (Å²) < 4.78 is 17.0. The molecule has 7 heteroatoms. The molecule has 7 nitrogen and oxygen atoms in total. The maximum atomic E-state index is 9.18. The van der Waals surface area contributed by atoms with E-state index in [0.29, 0.717) is 30.1 Å². The lowest BCUT2D eigenvalue weighted by atomic mass is 9.68. The standard InChI is InChI=1S/C26H32N4O3/c1-30(17-31-2)25(28)29-24-23-14-22(33-21-6-4-5-18(13-21)16-27)8-7-19(23)15-26(24)11-9-20(32-3)10-12-26/h4-8,13-14,20,24H,9-12,15,17H2,1-3H3,(H2,28,29)/t20-,24?,26-. The van der Waals surface area contributed by atoms with Crippen LogP contribution in [0.5, 0.6) is 11.5 Å². The van der Waals surface area contributed by atoms with Crippen molar-refractivity contribution in [3.63, 3.8) is 0 Å². The van der Waals surface area contributed by atoms with Crippen LogP contribution in [-0.4, -0.2) is 45.0 Å². The van der Waals surface area contributed by atoms with E-state index in [1.54, 1.807) is 26.4 Å². The van der Waals surface area contributed by atoms with Gasteiger partial charge in [0.15, 0.2) is 5.96 Å². The molecule has 33 heavy (non-hydrogen) atoms. The van der Waals surface area contributed by atoms with Crippen molar-refractivity contribution < 1.29 is 14.2 Å². The highest BCUT2D eigenvalue weighted by Gasteiger charge is 2.48. The fourth-order valence-electron chi connectivity index (χ4n) is 5.17. The zero-order valence-electron chi connectivity index (χ0n) is 19.6. The predicted octanol–water partition coefficient (Wildman–Crippen LogP) is 4.37. The molecule has 0 radical (unpaired) electrons. The molecular formula is C26H32N4O3. The zero-order valence-corrected chi connectivity index (χ0v) is 19.6. The molecule has 2 aliphatic carbocycles. The number of nitrogens with zero attached hydrogens (tertiary/aromatic N) is 3. The zero-order chi connectivity index (χ0) is 23.4. The largest absolute Gasteiger partial charge is 0.457 e. The number of benzene rings is 2. The van der Waals surface area contributed by atoms with Crippen LogP contribution in [0.2, 0.25) is 0 Å². The smallest absolute Gasteiger partial charge is 0.193 e. The first kappa shape index (κ1) is 23.1. The molecule has 0 amide bonds. The molecule has 2 aliphatic rings. The molecule has 2 aromatic rings. The molecule has 1 spiro atoms. The Bertz CT molecular complexity index is 1050. The highest BCUT2D eigenvalue weighted by atomic mass is 16.5. The lowest BCUT2D eigenvalue weighted by molar-refractivity contribution is 0.0208. The summed E-state index contributed by atoms with van der Waals surface area (Å²) in [5.41, 5.74) is 9.43. The van der Waals surface area contributed by atoms with Gasteiger partial charge in [0.1, 0.15) is 18.2 Å². The summed E-state index contributed by atoms with van der Waals surface area (Å²) in [6.07, 6.45) is 5.40. The molecule has 4 rings (SSSR count). The molecule has 0 saturated heterocycles. The van der Waals surface area contributed by atoms with Gasteiger partial charge in [0.2, 0.25) is 0 Å². The molecule has 0 aliphatic heterocycles. The van der Waals surface area contributed by atoms with Crippen molar-refractivity contribution in [1.82, 2.24) is 4.90 Å². The summed E-state index contributed by atoms with van der Waals surface area (Å²) in [6, 6.07) is 15.5. The van der Waals surface area contributed by atoms with E-state index in [1.807, 2.05) is 30.1 Å². The molecule has 1 fully saturated rings. The number of hydrogen-bond acceptors (Lipinski definition) is 5. The van der Waals surface area contributed by atoms with Crippen LogP contribution < -0.4 is 10.5 Å². The molecular weight excluding hydrogens is 416 g/mol. The van der Waals surface area contributed by atoms with Gasteiger partial charge in [-0.3, -0.25) is 0 Å². The normalized spacial score (nSPS) is 24.4. The van der Waals surface area contributed by atoms with Crippen LogP contribution in [0, 0.1) is 16.7 Å². The lowest BCUT2D eigenvalue weighted by Gasteiger charge is -2.40. The summed E-state index contributed by atoms with van der Waals surface area (Å²) in [7, 11) is 5.33. The average Bonchev–Trinajstić information content (AvgIpc) is 3.12. The van der Waals surface area contributed by atoms with Crippen LogP contribution in [0.25, 0.3) is 0 Å². The minimum atomic E-state index is -0.0568. The Hall–Kier alpha value is -3.08. The molecule has 1 unspecified atom stereocenters. The minimum Gasteiger partial charge on any atom is -0.457 e. The van der Waals surface area contributed by atoms with Gasteiger partial charge >= 0.3 is 0 Å². The van der Waals surface area contributed by atoms with E-state index in [9.17, 15) is 5.26 Å². The Kier molecular flexibility index (Phi) is 6.87. The highest BCUT2D eigenvalue weighted by Crippen LogP contribution is 2.56. The van der Waals surface area contributed by atoms with Crippen molar-refractivity contribution in [2.24, 2.45) is 16.1 Å². The summed E-state index contributed by atoms with van der Waals surface area (Å²) in [5.74, 6) is 1.84. The molecule has 0 aromatic heterocycles. The van der Waals surface area contributed by atoms with E-state index in [2.05, 4.69) is 18.2 Å². The Balaban J connectivity index is 1.67. The van der Waals surface area contributed by atoms with Crippen LogP contribution >= 0.6 is 0 Å². The Morgan fingerprint density at radius 2 is 1.94 bits per heavy atom. The monoisotopic (exact) mass is 448 g/mol. The summed E-state index contributed by atoms with van der Waals surface area (Å²) >= 11 is 0. The maximum Gasteiger partial charge on any atom is 0.193 e. The van der Waals surface area contributed by atoms with E-state index in [4.69, 9.17) is 24.9 Å². The number of methoxy groups -OCH3 is 2. The minimum absolute atomic E-state index is 0.0231. The number of aliphatic imine (C=N–C) groups is 1. The van der Waals surface area contributed by atoms with Crippen molar-refractivity contribution >= 4 is 5.96 Å². The lowest BCUT2D eigenvalue weighted by Crippen LogP contribution is -2.38. The Morgan fingerprint density at radius 3 is 2.64 bits per heavy atom. The van der Waals surface area contributed by atoms with Crippen molar-refractivity contribution in [2.45, 2.75) is 44.2 Å². The molecule has 0 heterocycles. The number of rotatable bonds is 6. The summed E-state index contributed by atoms with van der Waals surface area (Å²) in [6.45, 7) is 0.381. The number of nitrogens with two attached hydrogens (primary N) is 1. The molecule has 2 N–H and O–H groups in total. The number of ether oxygens (including phenoxy) is 3. The first-order chi connectivity index (χ1) is 16.0. The second kappa shape index (κ2) is 9.82. The fourth-order valence-corrected chi connectivity index (χ4v) is 5.17. The molecule has 174 valence electrons. The quantitative estimate of drug-likeness (QED) is 0.401. The molecule has 1 atom stereocenters. The van der Waals surface area contributed by atoms with Gasteiger partial charge < -0.3 is 24.8 Å². The van der Waals surface area contributed by atoms with Gasteiger partial charge in [-0.05, 0) is 73.6 Å². The molecule has 0 bridgehead atoms. The van der Waals surface area contributed by atoms with Crippen molar-refractivity contribution in [1.29, 1.82) is 5.26 Å². The van der Waals surface area contributed by atoms with Gasteiger partial charge in [0.05, 0.1) is 23.8 Å². The van der Waals surface area contributed by atoms with E-state index in [-0.39, 0.29) is 11.5 Å². The fraction of sp³-hybridized carbons (Fsp3) is 0.462. The van der Waals surface area contributed by atoms with Gasteiger partial charge in [-0.15, -0.1) is 0 Å². The van der Waals surface area contributed by atoms with E-state index in [1.165, 1.54) is 5.56 Å². The maximum absolute atomic E-state index is 9.18. The van der Waals surface area contributed by atoms with Crippen molar-refractivity contribution in [2.75, 3.05) is 28.0 Å². The van der Waals surface area contributed by atoms with Gasteiger partial charge in [-0.2, -0.15) is 5.26 Å². The van der Waals surface area contributed by atoms with Gasteiger partial charge in [-0.1, -0.05) is 12.1 Å². The number of fused-ring (bicyclic) bond motifs is 1. The van der Waals surface area contributed by atoms with E-state index in [0.717, 1.165) is 43.4 Å². The van der Waals surface area contributed by atoms with Crippen molar-refractivity contribution in [3.8, 4) is 17.6 Å². The summed E-state index contributed by atoms with van der Waals surface area (Å²) in [5, 5.41) is 9.18. The third-order valence-corrected chi connectivity index (χ3v) is 6.97. The van der Waals surface area contributed by atoms with Crippen LogP contribution in [-0.2, 0) is 15.9 Å². The van der Waals surface area contributed by atoms with Crippen LogP contribution in [0.4, 0.5) is 0 Å². The summed E-state index contributed by atoms with van der Waals surface area (Å²) in [4.78, 5) is 6.86. The predicted molar refractivity (Wildman–Crippen MR) is 127 cm³/mol. The SMILES string of the molecule is COCN(C)/C(N)=N\C1c2cc(Oc3cccc(C#N)c3)ccc2C[C@]12CC[C@@H](OC)CC2. The first-order valence-electron chi connectivity index (χ1n) is 11.3. The van der Waals surface area contributed by atoms with Crippen LogP contribution in [0.3, 0.4) is 0 Å². The second-order valence-corrected chi connectivity index (χ2v) is 9.08. The number of nitriles is 1. The van der Waals surface area contributed by atoms with Crippen molar-refractivity contribution in [3.05, 3.63) is 59.2 Å². The van der Waals surface area contributed by atoms with Gasteiger partial charge in [0.25, 0.3) is 0 Å². The first-order valence-corrected chi connectivity index (χ1v) is 11.3. The number of hydrogen-bond donors (Lipinski definition) is 1. The molecule has 2 aromatic carbocycles. The van der Waals surface area contributed by atoms with E-state index < -0.39 is 0 Å². The Morgan fingerprint density at radius 1 is 1.18 bits per heavy atom. The van der Waals surface area contributed by atoms with Gasteiger partial charge in [-0.25, -0.2) is 4.99 Å². The Labute approximate surface area is 195 Å².